The van der Waals surface area contributed by atoms with Crippen LogP contribution in [0.5, 0.6) is 0 Å². The van der Waals surface area contributed by atoms with Crippen LogP contribution in [0.4, 0.5) is 6.01 Å². The van der Waals surface area contributed by atoms with E-state index < -0.39 is 0 Å². The summed E-state index contributed by atoms with van der Waals surface area (Å²) >= 11 is 5.89. The molecule has 1 heterocycles. The van der Waals surface area contributed by atoms with Crippen LogP contribution in [0.15, 0.2) is 34.9 Å². The lowest BCUT2D eigenvalue weighted by molar-refractivity contribution is 0.421. The maximum Gasteiger partial charge on any atom is 0.297 e. The molecule has 0 fully saturated rings. The summed E-state index contributed by atoms with van der Waals surface area (Å²) in [6.07, 6.45) is 1.70. The average molecular weight is 308 g/mol. The van der Waals surface area contributed by atoms with Crippen LogP contribution in [0.3, 0.4) is 0 Å². The van der Waals surface area contributed by atoms with Crippen LogP contribution in [0.2, 0.25) is 5.02 Å². The number of nitrogens with one attached hydrogen (secondary N) is 1. The Morgan fingerprint density at radius 2 is 1.90 bits per heavy atom. The third-order valence-electron chi connectivity index (χ3n) is 3.00. The molecule has 0 spiro atoms. The molecular formula is C16H22ClN3O. The van der Waals surface area contributed by atoms with Crippen molar-refractivity contribution < 1.29 is 4.42 Å². The number of rotatable bonds is 5. The predicted octanol–water partition coefficient (Wildman–Crippen LogP) is 3.85. The summed E-state index contributed by atoms with van der Waals surface area (Å²) < 4.78 is 5.54. The van der Waals surface area contributed by atoms with E-state index in [4.69, 9.17) is 16.0 Å². The summed E-state index contributed by atoms with van der Waals surface area (Å²) in [5.41, 5.74) is 2.13. The first kappa shape index (κ1) is 15.9. The maximum absolute atomic E-state index is 5.89. The van der Waals surface area contributed by atoms with E-state index in [0.717, 1.165) is 22.8 Å². The van der Waals surface area contributed by atoms with Crippen molar-refractivity contribution in [1.82, 2.24) is 10.3 Å². The Morgan fingerprint density at radius 3 is 2.52 bits per heavy atom. The fourth-order valence-electron chi connectivity index (χ4n) is 1.84. The van der Waals surface area contributed by atoms with Crippen molar-refractivity contribution in [2.45, 2.75) is 39.4 Å². The molecule has 0 bridgehead atoms. The number of anilines is 1. The van der Waals surface area contributed by atoms with Crippen molar-refractivity contribution in [1.29, 1.82) is 0 Å². The van der Waals surface area contributed by atoms with Gasteiger partial charge in [0.2, 0.25) is 0 Å². The number of halogens is 1. The van der Waals surface area contributed by atoms with Crippen molar-refractivity contribution in [3.8, 4) is 0 Å². The van der Waals surface area contributed by atoms with Gasteiger partial charge in [0.05, 0.1) is 5.69 Å². The maximum atomic E-state index is 5.89. The molecule has 5 heteroatoms. The van der Waals surface area contributed by atoms with Gasteiger partial charge in [-0.15, -0.1) is 0 Å². The Balaban J connectivity index is 1.95. The van der Waals surface area contributed by atoms with Gasteiger partial charge in [0.1, 0.15) is 6.26 Å². The minimum atomic E-state index is 0.0638. The highest BCUT2D eigenvalue weighted by molar-refractivity contribution is 6.30. The second kappa shape index (κ2) is 6.50. The molecule has 0 amide bonds. The first-order valence-corrected chi connectivity index (χ1v) is 7.36. The van der Waals surface area contributed by atoms with E-state index in [1.165, 1.54) is 0 Å². The molecule has 0 unspecified atom stereocenters. The molecule has 0 atom stereocenters. The summed E-state index contributed by atoms with van der Waals surface area (Å²) in [5, 5.41) is 4.13. The lowest BCUT2D eigenvalue weighted by atomic mass is 10.1. The smallest absolute Gasteiger partial charge is 0.297 e. The van der Waals surface area contributed by atoms with Gasteiger partial charge >= 0.3 is 0 Å². The Kier molecular flexibility index (Phi) is 4.91. The standard InChI is InChI=1S/C16H22ClN3O/c1-16(2,3)18-9-14-11-21-15(19-14)20(4)10-12-5-7-13(17)8-6-12/h5-8,11,18H,9-10H2,1-4H3. The minimum Gasteiger partial charge on any atom is -0.432 e. The summed E-state index contributed by atoms with van der Waals surface area (Å²) in [5.74, 6) is 0. The second-order valence-electron chi connectivity index (χ2n) is 6.21. The molecule has 4 nitrogen and oxygen atoms in total. The van der Waals surface area contributed by atoms with E-state index in [0.29, 0.717) is 12.6 Å². The molecular weight excluding hydrogens is 286 g/mol. The number of nitrogens with zero attached hydrogens (tertiary/aromatic N) is 2. The first-order chi connectivity index (χ1) is 9.83. The fraction of sp³-hybridized carbons (Fsp3) is 0.438. The monoisotopic (exact) mass is 307 g/mol. The molecule has 0 aliphatic carbocycles. The molecule has 0 aliphatic rings. The quantitative estimate of drug-likeness (QED) is 0.911. The molecule has 1 N–H and O–H groups in total. The van der Waals surface area contributed by atoms with Gasteiger partial charge < -0.3 is 14.6 Å². The highest BCUT2D eigenvalue weighted by Crippen LogP contribution is 2.17. The zero-order chi connectivity index (χ0) is 15.5. The van der Waals surface area contributed by atoms with Crippen molar-refractivity contribution in [2.75, 3.05) is 11.9 Å². The summed E-state index contributed by atoms with van der Waals surface area (Å²) in [4.78, 5) is 6.47. The van der Waals surface area contributed by atoms with E-state index in [2.05, 4.69) is 31.1 Å². The Hall–Kier alpha value is -1.52. The molecule has 0 radical (unpaired) electrons. The largest absolute Gasteiger partial charge is 0.432 e. The van der Waals surface area contributed by atoms with Crippen molar-refractivity contribution in [3.05, 3.63) is 46.8 Å². The van der Waals surface area contributed by atoms with Gasteiger partial charge in [-0.1, -0.05) is 23.7 Å². The Morgan fingerprint density at radius 1 is 1.24 bits per heavy atom. The molecule has 2 aromatic rings. The topological polar surface area (TPSA) is 41.3 Å². The molecule has 0 aliphatic heterocycles. The Bertz CT molecular complexity index is 572. The predicted molar refractivity (Wildman–Crippen MR) is 86.7 cm³/mol. The third kappa shape index (κ3) is 5.06. The third-order valence-corrected chi connectivity index (χ3v) is 3.25. The molecule has 1 aromatic carbocycles. The van der Waals surface area contributed by atoms with E-state index >= 15 is 0 Å². The van der Waals surface area contributed by atoms with Gasteiger partial charge in [-0.2, -0.15) is 4.98 Å². The number of benzene rings is 1. The average Bonchev–Trinajstić information content (AvgIpc) is 2.87. The van der Waals surface area contributed by atoms with E-state index in [1.807, 2.05) is 36.2 Å². The van der Waals surface area contributed by atoms with Crippen LogP contribution in [0.25, 0.3) is 0 Å². The van der Waals surface area contributed by atoms with Gasteiger partial charge in [-0.05, 0) is 38.5 Å². The van der Waals surface area contributed by atoms with Gasteiger partial charge in [0.25, 0.3) is 6.01 Å². The van der Waals surface area contributed by atoms with Crippen LogP contribution in [-0.2, 0) is 13.1 Å². The number of hydrogen-bond donors (Lipinski definition) is 1. The minimum absolute atomic E-state index is 0.0638. The summed E-state index contributed by atoms with van der Waals surface area (Å²) in [7, 11) is 1.96. The van der Waals surface area contributed by atoms with Crippen molar-refractivity contribution in [2.24, 2.45) is 0 Å². The Labute approximate surface area is 131 Å². The van der Waals surface area contributed by atoms with Gasteiger partial charge in [0.15, 0.2) is 0 Å². The van der Waals surface area contributed by atoms with E-state index in [-0.39, 0.29) is 5.54 Å². The molecule has 2 rings (SSSR count). The highest BCUT2D eigenvalue weighted by Gasteiger charge is 2.13. The number of aromatic nitrogens is 1. The van der Waals surface area contributed by atoms with Crippen LogP contribution in [0, 0.1) is 0 Å². The second-order valence-corrected chi connectivity index (χ2v) is 6.64. The molecule has 0 saturated carbocycles. The van der Waals surface area contributed by atoms with Crippen molar-refractivity contribution in [3.63, 3.8) is 0 Å². The lowest BCUT2D eigenvalue weighted by Gasteiger charge is -2.19. The fourth-order valence-corrected chi connectivity index (χ4v) is 1.97. The normalized spacial score (nSPS) is 11.7. The SMILES string of the molecule is CN(Cc1ccc(Cl)cc1)c1nc(CNC(C)(C)C)co1. The van der Waals surface area contributed by atoms with E-state index in [1.54, 1.807) is 6.26 Å². The van der Waals surface area contributed by atoms with Crippen LogP contribution >= 0.6 is 11.6 Å². The van der Waals surface area contributed by atoms with Crippen LogP contribution in [-0.4, -0.2) is 17.6 Å². The van der Waals surface area contributed by atoms with Crippen LogP contribution in [0.1, 0.15) is 32.0 Å². The van der Waals surface area contributed by atoms with Gasteiger partial charge in [0, 0.05) is 30.7 Å². The van der Waals surface area contributed by atoms with Crippen molar-refractivity contribution >= 4 is 17.6 Å². The molecule has 114 valence electrons. The molecule has 0 saturated heterocycles. The highest BCUT2D eigenvalue weighted by atomic mass is 35.5. The number of hydrogen-bond acceptors (Lipinski definition) is 4. The summed E-state index contributed by atoms with van der Waals surface area (Å²) in [6.45, 7) is 7.80. The summed E-state index contributed by atoms with van der Waals surface area (Å²) in [6, 6.07) is 8.40. The zero-order valence-electron chi connectivity index (χ0n) is 13.0. The lowest BCUT2D eigenvalue weighted by Crippen LogP contribution is -2.35. The van der Waals surface area contributed by atoms with Crippen LogP contribution < -0.4 is 10.2 Å². The van der Waals surface area contributed by atoms with E-state index in [9.17, 15) is 0 Å². The molecule has 1 aromatic heterocycles. The zero-order valence-corrected chi connectivity index (χ0v) is 13.7. The van der Waals surface area contributed by atoms with Gasteiger partial charge in [-0.3, -0.25) is 0 Å². The molecule has 21 heavy (non-hydrogen) atoms. The first-order valence-electron chi connectivity index (χ1n) is 6.98. The number of oxazole rings is 1. The van der Waals surface area contributed by atoms with Gasteiger partial charge in [-0.25, -0.2) is 0 Å².